The monoisotopic (exact) mass is 193 g/mol. The maximum absolute atomic E-state index is 5.74. The van der Waals surface area contributed by atoms with Gasteiger partial charge in [-0.3, -0.25) is 0 Å². The highest BCUT2D eigenvalue weighted by atomic mass is 16.5. The molecule has 1 atom stereocenters. The molecule has 0 saturated carbocycles. The standard InChI is InChI=1S/C12H17O2/c1-3-7-12(10-13-2)14-11-8-5-4-6-9-11/h4-5,8-9,12H,3,7,10H2,1-2H3. The van der Waals surface area contributed by atoms with Gasteiger partial charge >= 0.3 is 0 Å². The van der Waals surface area contributed by atoms with E-state index in [1.807, 2.05) is 24.3 Å². The van der Waals surface area contributed by atoms with Crippen LogP contribution in [-0.2, 0) is 4.74 Å². The number of rotatable bonds is 6. The van der Waals surface area contributed by atoms with Crippen LogP contribution >= 0.6 is 0 Å². The van der Waals surface area contributed by atoms with Gasteiger partial charge in [-0.2, -0.15) is 0 Å². The second kappa shape index (κ2) is 6.44. The Morgan fingerprint density at radius 1 is 1.50 bits per heavy atom. The molecule has 0 bridgehead atoms. The summed E-state index contributed by atoms with van der Waals surface area (Å²) in [6.07, 6.45) is 2.27. The van der Waals surface area contributed by atoms with Crippen LogP contribution in [0, 0.1) is 6.07 Å². The van der Waals surface area contributed by atoms with E-state index in [1.165, 1.54) is 0 Å². The lowest BCUT2D eigenvalue weighted by Gasteiger charge is -2.17. The third-order valence-electron chi connectivity index (χ3n) is 1.94. The van der Waals surface area contributed by atoms with Gasteiger partial charge in [0.05, 0.1) is 6.61 Å². The molecule has 14 heavy (non-hydrogen) atoms. The molecule has 1 rings (SSSR count). The maximum Gasteiger partial charge on any atom is 0.122 e. The number of benzene rings is 1. The van der Waals surface area contributed by atoms with Gasteiger partial charge in [0.1, 0.15) is 11.9 Å². The van der Waals surface area contributed by atoms with Crippen molar-refractivity contribution >= 4 is 0 Å². The van der Waals surface area contributed by atoms with E-state index < -0.39 is 0 Å². The Bertz CT molecular complexity index is 227. The average Bonchev–Trinajstić information content (AvgIpc) is 2.20. The van der Waals surface area contributed by atoms with Crippen LogP contribution in [0.4, 0.5) is 0 Å². The number of methoxy groups -OCH3 is 1. The molecule has 0 amide bonds. The largest absolute Gasteiger partial charge is 0.488 e. The topological polar surface area (TPSA) is 18.5 Å². The molecule has 2 nitrogen and oxygen atoms in total. The van der Waals surface area contributed by atoms with Gasteiger partial charge in [0.15, 0.2) is 0 Å². The van der Waals surface area contributed by atoms with E-state index in [4.69, 9.17) is 9.47 Å². The van der Waals surface area contributed by atoms with E-state index in [9.17, 15) is 0 Å². The van der Waals surface area contributed by atoms with Crippen molar-refractivity contribution in [1.82, 2.24) is 0 Å². The first-order valence-electron chi connectivity index (χ1n) is 4.98. The molecule has 1 radical (unpaired) electrons. The normalized spacial score (nSPS) is 12.4. The zero-order valence-electron chi connectivity index (χ0n) is 8.82. The molecule has 0 saturated heterocycles. The second-order valence-corrected chi connectivity index (χ2v) is 3.22. The van der Waals surface area contributed by atoms with Gasteiger partial charge in [-0.05, 0) is 24.6 Å². The predicted molar refractivity (Wildman–Crippen MR) is 56.5 cm³/mol. The van der Waals surface area contributed by atoms with Crippen molar-refractivity contribution in [3.05, 3.63) is 30.3 Å². The molecule has 0 spiro atoms. The summed E-state index contributed by atoms with van der Waals surface area (Å²) in [5, 5.41) is 0. The first-order chi connectivity index (χ1) is 6.86. The van der Waals surface area contributed by atoms with Crippen LogP contribution in [0.3, 0.4) is 0 Å². The molecule has 2 heteroatoms. The molecule has 77 valence electrons. The summed E-state index contributed by atoms with van der Waals surface area (Å²) in [7, 11) is 1.70. The van der Waals surface area contributed by atoms with E-state index >= 15 is 0 Å². The third kappa shape index (κ3) is 3.79. The Labute approximate surface area is 85.8 Å². The van der Waals surface area contributed by atoms with E-state index in [-0.39, 0.29) is 6.10 Å². The molecular weight excluding hydrogens is 176 g/mol. The number of hydrogen-bond acceptors (Lipinski definition) is 2. The minimum atomic E-state index is 0.154. The summed E-state index contributed by atoms with van der Waals surface area (Å²) in [5.74, 6) is 0.864. The third-order valence-corrected chi connectivity index (χ3v) is 1.94. The van der Waals surface area contributed by atoms with Gasteiger partial charge in [0.2, 0.25) is 0 Å². The molecule has 0 aliphatic carbocycles. The minimum absolute atomic E-state index is 0.154. The highest BCUT2D eigenvalue weighted by molar-refractivity contribution is 5.20. The molecular formula is C12H17O2. The predicted octanol–water partition coefficient (Wildman–Crippen LogP) is 2.68. The summed E-state index contributed by atoms with van der Waals surface area (Å²) in [6, 6.07) is 10.6. The summed E-state index contributed by atoms with van der Waals surface area (Å²) >= 11 is 0. The van der Waals surface area contributed by atoms with E-state index in [0.717, 1.165) is 18.6 Å². The molecule has 0 heterocycles. The zero-order chi connectivity index (χ0) is 10.2. The Kier molecular flexibility index (Phi) is 5.08. The van der Waals surface area contributed by atoms with Gasteiger partial charge in [0, 0.05) is 7.11 Å². The van der Waals surface area contributed by atoms with Gasteiger partial charge in [-0.15, -0.1) is 0 Å². The summed E-state index contributed by atoms with van der Waals surface area (Å²) in [5.41, 5.74) is 0. The van der Waals surface area contributed by atoms with Crippen LogP contribution in [-0.4, -0.2) is 19.8 Å². The minimum Gasteiger partial charge on any atom is -0.488 e. The average molecular weight is 193 g/mol. The van der Waals surface area contributed by atoms with Crippen LogP contribution in [0.25, 0.3) is 0 Å². The van der Waals surface area contributed by atoms with Gasteiger partial charge in [-0.1, -0.05) is 25.5 Å². The molecule has 0 N–H and O–H groups in total. The smallest absolute Gasteiger partial charge is 0.122 e. The number of ether oxygens (including phenoxy) is 2. The van der Waals surface area contributed by atoms with E-state index in [1.54, 1.807) is 7.11 Å². The molecule has 0 aliphatic rings. The van der Waals surface area contributed by atoms with Crippen molar-refractivity contribution in [2.75, 3.05) is 13.7 Å². The van der Waals surface area contributed by atoms with Crippen molar-refractivity contribution in [2.24, 2.45) is 0 Å². The fraction of sp³-hybridized carbons (Fsp3) is 0.500. The van der Waals surface area contributed by atoms with Crippen molar-refractivity contribution in [3.63, 3.8) is 0 Å². The Morgan fingerprint density at radius 2 is 2.36 bits per heavy atom. The summed E-state index contributed by atoms with van der Waals surface area (Å²) < 4.78 is 10.8. The van der Waals surface area contributed by atoms with E-state index in [0.29, 0.717) is 6.61 Å². The lowest BCUT2D eigenvalue weighted by atomic mass is 10.2. The molecule has 1 aromatic carbocycles. The van der Waals surface area contributed by atoms with Crippen molar-refractivity contribution in [3.8, 4) is 5.75 Å². The van der Waals surface area contributed by atoms with Gasteiger partial charge in [0.25, 0.3) is 0 Å². The van der Waals surface area contributed by atoms with E-state index in [2.05, 4.69) is 13.0 Å². The Balaban J connectivity index is 2.46. The fourth-order valence-corrected chi connectivity index (χ4v) is 1.33. The zero-order valence-corrected chi connectivity index (χ0v) is 8.82. The summed E-state index contributed by atoms with van der Waals surface area (Å²) in [4.78, 5) is 0. The van der Waals surface area contributed by atoms with Gasteiger partial charge in [-0.25, -0.2) is 0 Å². The maximum atomic E-state index is 5.74. The number of hydrogen-bond donors (Lipinski definition) is 0. The van der Waals surface area contributed by atoms with Crippen LogP contribution in [0.5, 0.6) is 5.75 Å². The van der Waals surface area contributed by atoms with Crippen molar-refractivity contribution in [2.45, 2.75) is 25.9 Å². The fourth-order valence-electron chi connectivity index (χ4n) is 1.33. The molecule has 0 aliphatic heterocycles. The van der Waals surface area contributed by atoms with Crippen LogP contribution < -0.4 is 4.74 Å². The second-order valence-electron chi connectivity index (χ2n) is 3.22. The first kappa shape index (κ1) is 11.1. The molecule has 0 fully saturated rings. The first-order valence-corrected chi connectivity index (χ1v) is 4.98. The van der Waals surface area contributed by atoms with Crippen LogP contribution in [0.15, 0.2) is 24.3 Å². The SMILES string of the molecule is CCCC(COC)Oc1c[c]ccc1. The lowest BCUT2D eigenvalue weighted by Crippen LogP contribution is -2.22. The van der Waals surface area contributed by atoms with Gasteiger partial charge < -0.3 is 9.47 Å². The quantitative estimate of drug-likeness (QED) is 0.691. The van der Waals surface area contributed by atoms with Crippen LogP contribution in [0.2, 0.25) is 0 Å². The Hall–Kier alpha value is -1.02. The van der Waals surface area contributed by atoms with Crippen molar-refractivity contribution < 1.29 is 9.47 Å². The molecule has 1 aromatic rings. The highest BCUT2D eigenvalue weighted by Crippen LogP contribution is 2.13. The lowest BCUT2D eigenvalue weighted by molar-refractivity contribution is 0.0753. The molecule has 0 aromatic heterocycles. The van der Waals surface area contributed by atoms with Crippen molar-refractivity contribution in [1.29, 1.82) is 0 Å². The van der Waals surface area contributed by atoms with Crippen LogP contribution in [0.1, 0.15) is 19.8 Å². The molecule has 1 unspecified atom stereocenters. The summed E-state index contributed by atoms with van der Waals surface area (Å²) in [6.45, 7) is 2.78. The highest BCUT2D eigenvalue weighted by Gasteiger charge is 2.08. The Morgan fingerprint density at radius 3 is 2.93 bits per heavy atom.